The van der Waals surface area contributed by atoms with E-state index >= 15 is 0 Å². The van der Waals surface area contributed by atoms with Crippen molar-refractivity contribution >= 4 is 43.5 Å². The molecule has 246 valence electrons. The number of nitrogens with one attached hydrogen (secondary N) is 1. The van der Waals surface area contributed by atoms with Crippen molar-refractivity contribution < 1.29 is 22.7 Å². The van der Waals surface area contributed by atoms with Gasteiger partial charge in [0.2, 0.25) is 11.8 Å². The molecule has 8 nitrogen and oxygen atoms in total. The van der Waals surface area contributed by atoms with Crippen LogP contribution in [0.5, 0.6) is 5.75 Å². The van der Waals surface area contributed by atoms with Crippen molar-refractivity contribution in [1.82, 2.24) is 10.2 Å². The SMILES string of the molecule is COc1ccc(N(CC(=O)N(Cc2cccc(Br)c2)C(Cc2ccccc2)C(=O)NC2CCCC2)S(=O)(=O)c2ccc(C)cc2)cc1. The minimum absolute atomic E-state index is 0.0429. The molecule has 1 fully saturated rings. The zero-order chi connectivity index (χ0) is 33.4. The van der Waals surface area contributed by atoms with Crippen molar-refractivity contribution in [2.24, 2.45) is 0 Å². The molecule has 0 saturated heterocycles. The second kappa shape index (κ2) is 15.6. The fourth-order valence-electron chi connectivity index (χ4n) is 5.87. The van der Waals surface area contributed by atoms with Gasteiger partial charge in [0, 0.05) is 23.5 Å². The average Bonchev–Trinajstić information content (AvgIpc) is 3.59. The molecule has 1 aliphatic carbocycles. The van der Waals surface area contributed by atoms with Gasteiger partial charge in [-0.1, -0.05) is 88.9 Å². The third-order valence-electron chi connectivity index (χ3n) is 8.46. The number of nitrogens with zero attached hydrogens (tertiary/aromatic N) is 2. The summed E-state index contributed by atoms with van der Waals surface area (Å²) in [6, 6.07) is 29.4. The van der Waals surface area contributed by atoms with E-state index < -0.39 is 28.5 Å². The second-order valence-corrected chi connectivity index (χ2v) is 14.6. The highest BCUT2D eigenvalue weighted by molar-refractivity contribution is 9.10. The van der Waals surface area contributed by atoms with Crippen LogP contribution < -0.4 is 14.4 Å². The maximum atomic E-state index is 14.6. The van der Waals surface area contributed by atoms with Gasteiger partial charge in [-0.25, -0.2) is 8.42 Å². The van der Waals surface area contributed by atoms with Gasteiger partial charge < -0.3 is 15.0 Å². The molecule has 4 aromatic rings. The second-order valence-electron chi connectivity index (χ2n) is 11.9. The third kappa shape index (κ3) is 8.81. The van der Waals surface area contributed by atoms with Crippen molar-refractivity contribution in [2.75, 3.05) is 18.0 Å². The van der Waals surface area contributed by atoms with Crippen LogP contribution in [0.4, 0.5) is 5.69 Å². The fraction of sp³-hybridized carbons (Fsp3) is 0.297. The molecule has 1 saturated carbocycles. The van der Waals surface area contributed by atoms with Crippen LogP contribution in [0, 0.1) is 6.92 Å². The number of hydrogen-bond donors (Lipinski definition) is 1. The molecule has 1 N–H and O–H groups in total. The third-order valence-corrected chi connectivity index (χ3v) is 10.7. The Hall–Kier alpha value is -4.15. The Bertz CT molecular complexity index is 1760. The van der Waals surface area contributed by atoms with Crippen molar-refractivity contribution in [1.29, 1.82) is 0 Å². The highest BCUT2D eigenvalue weighted by atomic mass is 79.9. The molecular formula is C37H40BrN3O5S. The van der Waals surface area contributed by atoms with Crippen LogP contribution in [0.3, 0.4) is 0 Å². The summed E-state index contributed by atoms with van der Waals surface area (Å²) in [5.41, 5.74) is 2.91. The van der Waals surface area contributed by atoms with Crippen LogP contribution in [-0.2, 0) is 32.6 Å². The number of rotatable bonds is 13. The maximum absolute atomic E-state index is 14.6. The quantitative estimate of drug-likeness (QED) is 0.167. The molecule has 0 aliphatic heterocycles. The summed E-state index contributed by atoms with van der Waals surface area (Å²) < 4.78 is 35.7. The molecule has 1 aliphatic rings. The van der Waals surface area contributed by atoms with E-state index in [-0.39, 0.29) is 29.8 Å². The number of methoxy groups -OCH3 is 1. The largest absolute Gasteiger partial charge is 0.497 e. The normalized spacial score (nSPS) is 13.9. The minimum Gasteiger partial charge on any atom is -0.497 e. The number of benzene rings is 4. The minimum atomic E-state index is -4.19. The predicted molar refractivity (Wildman–Crippen MR) is 188 cm³/mol. The fourth-order valence-corrected chi connectivity index (χ4v) is 7.73. The number of carbonyl (C=O) groups excluding carboxylic acids is 2. The Morgan fingerprint density at radius 3 is 2.19 bits per heavy atom. The number of hydrogen-bond acceptors (Lipinski definition) is 5. The van der Waals surface area contributed by atoms with Gasteiger partial charge in [0.25, 0.3) is 10.0 Å². The van der Waals surface area contributed by atoms with Gasteiger partial charge in [-0.2, -0.15) is 0 Å². The zero-order valence-electron chi connectivity index (χ0n) is 26.6. The van der Waals surface area contributed by atoms with Crippen LogP contribution in [0.25, 0.3) is 0 Å². The molecule has 4 aromatic carbocycles. The molecule has 1 atom stereocenters. The van der Waals surface area contributed by atoms with Crippen molar-refractivity contribution in [3.63, 3.8) is 0 Å². The first kappa shape index (κ1) is 34.2. The lowest BCUT2D eigenvalue weighted by atomic mass is 10.0. The number of amides is 2. The summed E-state index contributed by atoms with van der Waals surface area (Å²) in [5, 5.41) is 3.20. The lowest BCUT2D eigenvalue weighted by molar-refractivity contribution is -0.140. The van der Waals surface area contributed by atoms with Crippen LogP contribution in [-0.4, -0.2) is 50.9 Å². The van der Waals surface area contributed by atoms with Gasteiger partial charge in [-0.15, -0.1) is 0 Å². The first-order valence-electron chi connectivity index (χ1n) is 15.8. The number of ether oxygens (including phenoxy) is 1. The van der Waals surface area contributed by atoms with Gasteiger partial charge in [0.15, 0.2) is 0 Å². The van der Waals surface area contributed by atoms with Crippen molar-refractivity contribution in [2.45, 2.75) is 62.6 Å². The van der Waals surface area contributed by atoms with E-state index in [2.05, 4.69) is 21.2 Å². The van der Waals surface area contributed by atoms with Crippen LogP contribution in [0.2, 0.25) is 0 Å². The van der Waals surface area contributed by atoms with Crippen LogP contribution in [0.1, 0.15) is 42.4 Å². The standard InChI is InChI=1S/C37H40BrN3O5S/c1-27-15-21-34(22-16-27)47(44,45)41(32-17-19-33(46-2)20-18-32)26-36(42)40(25-29-11-8-12-30(38)23-29)35(24-28-9-4-3-5-10-28)37(43)39-31-13-6-7-14-31/h3-5,8-12,15-23,31,35H,6-7,13-14,24-26H2,1-2H3,(H,39,43). The first-order chi connectivity index (χ1) is 22.6. The molecule has 47 heavy (non-hydrogen) atoms. The Morgan fingerprint density at radius 2 is 1.55 bits per heavy atom. The van der Waals surface area contributed by atoms with Crippen molar-refractivity contribution in [3.05, 3.63) is 124 Å². The van der Waals surface area contributed by atoms with E-state index in [1.54, 1.807) is 36.4 Å². The molecule has 10 heteroatoms. The Balaban J connectivity index is 1.56. The van der Waals surface area contributed by atoms with E-state index in [1.807, 2.05) is 61.5 Å². The molecule has 0 spiro atoms. The van der Waals surface area contributed by atoms with E-state index in [0.29, 0.717) is 11.4 Å². The molecule has 0 aromatic heterocycles. The summed E-state index contributed by atoms with van der Waals surface area (Å²) >= 11 is 3.53. The van der Waals surface area contributed by atoms with E-state index in [9.17, 15) is 18.0 Å². The van der Waals surface area contributed by atoms with Gasteiger partial charge in [0.1, 0.15) is 18.3 Å². The topological polar surface area (TPSA) is 96.0 Å². The maximum Gasteiger partial charge on any atom is 0.264 e. The van der Waals surface area contributed by atoms with Crippen molar-refractivity contribution in [3.8, 4) is 5.75 Å². The highest BCUT2D eigenvalue weighted by Crippen LogP contribution is 2.28. The van der Waals surface area contributed by atoms with Gasteiger partial charge in [-0.05, 0) is 79.4 Å². The Morgan fingerprint density at radius 1 is 0.894 bits per heavy atom. The number of halogens is 1. The molecule has 0 radical (unpaired) electrons. The van der Waals surface area contributed by atoms with Gasteiger partial charge in [0.05, 0.1) is 17.7 Å². The zero-order valence-corrected chi connectivity index (χ0v) is 29.0. The molecule has 5 rings (SSSR count). The lowest BCUT2D eigenvalue weighted by Gasteiger charge is -2.34. The van der Waals surface area contributed by atoms with E-state index in [1.165, 1.54) is 24.1 Å². The summed E-state index contributed by atoms with van der Waals surface area (Å²) in [5.74, 6) is -0.198. The summed E-state index contributed by atoms with van der Waals surface area (Å²) in [6.07, 6.45) is 4.14. The van der Waals surface area contributed by atoms with E-state index in [0.717, 1.165) is 51.2 Å². The molecule has 1 unspecified atom stereocenters. The monoisotopic (exact) mass is 717 g/mol. The summed E-state index contributed by atoms with van der Waals surface area (Å²) in [4.78, 5) is 30.4. The molecule has 0 bridgehead atoms. The van der Waals surface area contributed by atoms with Crippen LogP contribution >= 0.6 is 15.9 Å². The number of carbonyl (C=O) groups is 2. The molecular weight excluding hydrogens is 678 g/mol. The number of aryl methyl sites for hydroxylation is 1. The molecule has 2 amide bonds. The average molecular weight is 719 g/mol. The smallest absolute Gasteiger partial charge is 0.264 e. The van der Waals surface area contributed by atoms with Gasteiger partial charge in [-0.3, -0.25) is 13.9 Å². The first-order valence-corrected chi connectivity index (χ1v) is 18.0. The van der Waals surface area contributed by atoms with E-state index in [4.69, 9.17) is 4.74 Å². The predicted octanol–water partition coefficient (Wildman–Crippen LogP) is 6.66. The van der Waals surface area contributed by atoms with Gasteiger partial charge >= 0.3 is 0 Å². The Labute approximate surface area is 285 Å². The Kier molecular flexibility index (Phi) is 11.4. The number of sulfonamides is 1. The van der Waals surface area contributed by atoms with Crippen LogP contribution in [0.15, 0.2) is 112 Å². The molecule has 0 heterocycles. The highest BCUT2D eigenvalue weighted by Gasteiger charge is 2.35. The lowest BCUT2D eigenvalue weighted by Crippen LogP contribution is -2.54. The number of anilines is 1. The summed E-state index contributed by atoms with van der Waals surface area (Å²) in [6.45, 7) is 1.47. The summed E-state index contributed by atoms with van der Waals surface area (Å²) in [7, 11) is -2.65.